The maximum absolute atomic E-state index is 4.12. The average Bonchev–Trinajstić information content (AvgIpc) is 3.70. The third-order valence-electron chi connectivity index (χ3n) is 4.17. The van der Waals surface area contributed by atoms with Crippen LogP contribution in [0.1, 0.15) is 0 Å². The number of aromatic nitrogens is 9. The number of pyridine rings is 3. The third-order valence-corrected chi connectivity index (χ3v) is 4.17. The van der Waals surface area contributed by atoms with E-state index in [1.807, 2.05) is 91.4 Å². The van der Waals surface area contributed by atoms with Gasteiger partial charge in [0.15, 0.2) is 17.5 Å². The first kappa shape index (κ1) is 24.2. The molecule has 0 atom stereocenters. The van der Waals surface area contributed by atoms with Crippen molar-refractivity contribution in [2.45, 2.75) is 0 Å². The van der Waals surface area contributed by atoms with Crippen LogP contribution in [-0.4, -0.2) is 44.3 Å². The largest absolute Gasteiger partial charge is 0.237 e. The van der Waals surface area contributed by atoms with Gasteiger partial charge in [0.2, 0.25) is 0 Å². The van der Waals surface area contributed by atoms with E-state index in [-0.39, 0.29) is 16.8 Å². The zero-order chi connectivity index (χ0) is 22.6. The average molecular weight is 494 g/mol. The predicted molar refractivity (Wildman–Crippen MR) is 124 cm³/mol. The van der Waals surface area contributed by atoms with Gasteiger partial charge in [-0.05, 0) is 54.6 Å². The fourth-order valence-corrected chi connectivity index (χ4v) is 2.68. The van der Waals surface area contributed by atoms with E-state index in [4.69, 9.17) is 0 Å². The minimum atomic E-state index is 0. The minimum Gasteiger partial charge on any atom is -0.237 e. The van der Waals surface area contributed by atoms with Gasteiger partial charge in [0.05, 0.1) is 0 Å². The van der Waals surface area contributed by atoms with Crippen molar-refractivity contribution in [3.8, 4) is 17.5 Å². The number of rotatable bonds is 3. The van der Waals surface area contributed by atoms with Crippen LogP contribution >= 0.6 is 0 Å². The first-order valence-electron chi connectivity index (χ1n) is 10.1. The first-order valence-corrected chi connectivity index (χ1v) is 10.1. The van der Waals surface area contributed by atoms with E-state index >= 15 is 0 Å². The molecule has 0 aromatic carbocycles. The minimum absolute atomic E-state index is 0. The Hall–Kier alpha value is -4.41. The van der Waals surface area contributed by atoms with Crippen LogP contribution in [0, 0.1) is 0 Å². The summed E-state index contributed by atoms with van der Waals surface area (Å²) >= 11 is 0. The van der Waals surface area contributed by atoms with Crippen molar-refractivity contribution in [1.82, 2.24) is 44.3 Å². The second-order valence-electron chi connectivity index (χ2n) is 6.42. The van der Waals surface area contributed by atoms with Crippen LogP contribution in [0.4, 0.5) is 0 Å². The summed E-state index contributed by atoms with van der Waals surface area (Å²) in [4.78, 5) is 12.4. The summed E-state index contributed by atoms with van der Waals surface area (Å²) < 4.78 is 5.17. The summed E-state index contributed by atoms with van der Waals surface area (Å²) in [5.41, 5.74) is 0. The summed E-state index contributed by atoms with van der Waals surface area (Å²) in [6, 6.07) is 22.8. The Labute approximate surface area is 207 Å². The van der Waals surface area contributed by atoms with Crippen molar-refractivity contribution in [1.29, 1.82) is 0 Å². The van der Waals surface area contributed by atoms with Crippen LogP contribution in [0.15, 0.2) is 129 Å². The predicted octanol–water partition coefficient (Wildman–Crippen LogP) is 3.80. The quantitative estimate of drug-likeness (QED) is 0.372. The maximum atomic E-state index is 4.12. The molecule has 10 heteroatoms. The van der Waals surface area contributed by atoms with Crippen LogP contribution in [-0.2, 0) is 16.8 Å². The van der Waals surface area contributed by atoms with Crippen LogP contribution in [0.25, 0.3) is 17.5 Å². The fourth-order valence-electron chi connectivity index (χ4n) is 2.68. The summed E-state index contributed by atoms with van der Waals surface area (Å²) in [6.45, 7) is 0. The molecule has 0 saturated heterocycles. The third kappa shape index (κ3) is 7.05. The van der Waals surface area contributed by atoms with E-state index in [1.54, 1.807) is 51.2 Å². The number of hydrogen-bond donors (Lipinski definition) is 0. The molecule has 6 aromatic heterocycles. The molecule has 0 aliphatic heterocycles. The van der Waals surface area contributed by atoms with E-state index in [9.17, 15) is 0 Å². The molecule has 0 bridgehead atoms. The van der Waals surface area contributed by atoms with Gasteiger partial charge in [0, 0.05) is 72.6 Å². The van der Waals surface area contributed by atoms with Crippen molar-refractivity contribution in [3.63, 3.8) is 0 Å². The second-order valence-corrected chi connectivity index (χ2v) is 6.42. The van der Waals surface area contributed by atoms with E-state index in [2.05, 4.69) is 30.2 Å². The van der Waals surface area contributed by atoms with Gasteiger partial charge in [-0.25, -0.2) is 29.0 Å². The molecule has 6 aromatic rings. The summed E-state index contributed by atoms with van der Waals surface area (Å²) in [5, 5.41) is 12.1. The van der Waals surface area contributed by atoms with Gasteiger partial charge in [0.25, 0.3) is 0 Å². The van der Waals surface area contributed by atoms with Crippen molar-refractivity contribution in [2.24, 2.45) is 0 Å². The Morgan fingerprint density at radius 1 is 0.382 bits per heavy atom. The Bertz CT molecular complexity index is 1110. The molecule has 0 amide bonds. The Morgan fingerprint density at radius 3 is 0.912 bits per heavy atom. The normalized spacial score (nSPS) is 9.53. The molecule has 0 N–H and O–H groups in total. The Morgan fingerprint density at radius 2 is 0.706 bits per heavy atom. The molecule has 6 heterocycles. The van der Waals surface area contributed by atoms with Crippen molar-refractivity contribution >= 4 is 0 Å². The van der Waals surface area contributed by atoms with Gasteiger partial charge in [-0.2, -0.15) is 15.3 Å². The van der Waals surface area contributed by atoms with Gasteiger partial charge in [-0.1, -0.05) is 18.2 Å². The van der Waals surface area contributed by atoms with Crippen LogP contribution in [0.2, 0.25) is 0 Å². The van der Waals surface area contributed by atoms with Crippen molar-refractivity contribution in [2.75, 3.05) is 0 Å². The molecule has 0 aliphatic carbocycles. The molecule has 34 heavy (non-hydrogen) atoms. The van der Waals surface area contributed by atoms with Crippen LogP contribution < -0.4 is 0 Å². The number of hydrogen-bond acceptors (Lipinski definition) is 6. The second kappa shape index (κ2) is 13.2. The first-order chi connectivity index (χ1) is 16.4. The molecule has 171 valence electrons. The number of nitrogens with zero attached hydrogens (tertiary/aromatic N) is 9. The molecule has 0 spiro atoms. The standard InChI is InChI=1S/3C8H7N3.Co/c3*1-2-5-9-8(4-1)11-7-3-6-10-11;/h3*1-7H;. The van der Waals surface area contributed by atoms with Crippen LogP contribution in [0.5, 0.6) is 0 Å². The van der Waals surface area contributed by atoms with E-state index < -0.39 is 0 Å². The van der Waals surface area contributed by atoms with Gasteiger partial charge >= 0.3 is 0 Å². The topological polar surface area (TPSA) is 92.1 Å². The van der Waals surface area contributed by atoms with Gasteiger partial charge in [0.1, 0.15) is 0 Å². The molecule has 0 aliphatic rings. The molecule has 0 unspecified atom stereocenters. The molecule has 0 fully saturated rings. The fraction of sp³-hybridized carbons (Fsp3) is 0. The smallest absolute Gasteiger partial charge is 0.153 e. The zero-order valence-electron chi connectivity index (χ0n) is 18.0. The Kier molecular flexibility index (Phi) is 9.41. The maximum Gasteiger partial charge on any atom is 0.153 e. The van der Waals surface area contributed by atoms with Gasteiger partial charge < -0.3 is 0 Å². The molecule has 1 radical (unpaired) electrons. The van der Waals surface area contributed by atoms with E-state index in [1.165, 1.54) is 0 Å². The monoisotopic (exact) mass is 494 g/mol. The molecular formula is C24H21CoN9. The molecule has 9 nitrogen and oxygen atoms in total. The summed E-state index contributed by atoms with van der Waals surface area (Å²) in [5.74, 6) is 2.53. The summed E-state index contributed by atoms with van der Waals surface area (Å²) in [6.07, 6.45) is 16.0. The molecule has 6 rings (SSSR count). The van der Waals surface area contributed by atoms with Crippen LogP contribution in [0.3, 0.4) is 0 Å². The zero-order valence-corrected chi connectivity index (χ0v) is 19.0. The molecular weight excluding hydrogens is 473 g/mol. The van der Waals surface area contributed by atoms with E-state index in [0.717, 1.165) is 17.5 Å². The van der Waals surface area contributed by atoms with Crippen molar-refractivity contribution < 1.29 is 16.8 Å². The molecule has 0 saturated carbocycles. The Balaban J connectivity index is 0.000000141. The summed E-state index contributed by atoms with van der Waals surface area (Å²) in [7, 11) is 0. The van der Waals surface area contributed by atoms with Gasteiger partial charge in [-0.15, -0.1) is 0 Å². The van der Waals surface area contributed by atoms with Gasteiger partial charge in [-0.3, -0.25) is 0 Å². The van der Waals surface area contributed by atoms with Crippen molar-refractivity contribution in [3.05, 3.63) is 129 Å². The van der Waals surface area contributed by atoms with E-state index in [0.29, 0.717) is 0 Å². The SMILES string of the molecule is [Co].c1ccc(-n2cccn2)nc1.c1ccc(-n2cccn2)nc1.c1ccc(-n2cccn2)nc1.